The zero-order valence-electron chi connectivity index (χ0n) is 12.9. The monoisotopic (exact) mass is 395 g/mol. The highest BCUT2D eigenvalue weighted by Crippen LogP contribution is 2.42. The number of halogens is 3. The molecule has 1 saturated heterocycles. The molecule has 2 unspecified atom stereocenters. The summed E-state index contributed by atoms with van der Waals surface area (Å²) in [5.41, 5.74) is -0.616. The van der Waals surface area contributed by atoms with E-state index in [-0.39, 0.29) is 0 Å². The van der Waals surface area contributed by atoms with Crippen molar-refractivity contribution in [1.29, 1.82) is 0 Å². The zero-order valence-corrected chi connectivity index (χ0v) is 15.2. The van der Waals surface area contributed by atoms with Gasteiger partial charge >= 0.3 is 12.1 Å². The molecule has 2 atom stereocenters. The van der Waals surface area contributed by atoms with Crippen LogP contribution in [0.1, 0.15) is 25.5 Å². The van der Waals surface area contributed by atoms with Crippen LogP contribution in [0.2, 0.25) is 0 Å². The summed E-state index contributed by atoms with van der Waals surface area (Å²) >= 11 is 16.8. The van der Waals surface area contributed by atoms with Crippen LogP contribution in [-0.4, -0.2) is 44.3 Å². The number of amides is 1. The first-order valence-corrected chi connectivity index (χ1v) is 8.15. The third-order valence-corrected chi connectivity index (χ3v) is 3.83. The van der Waals surface area contributed by atoms with Crippen molar-refractivity contribution in [2.24, 2.45) is 0 Å². The van der Waals surface area contributed by atoms with E-state index in [1.54, 1.807) is 44.2 Å². The van der Waals surface area contributed by atoms with E-state index in [4.69, 9.17) is 44.3 Å². The van der Waals surface area contributed by atoms with Crippen LogP contribution in [0, 0.1) is 0 Å². The van der Waals surface area contributed by atoms with E-state index in [1.807, 2.05) is 0 Å². The fourth-order valence-electron chi connectivity index (χ4n) is 2.61. The fraction of sp³-hybridized carbons (Fsp3) is 0.467. The van der Waals surface area contributed by atoms with Crippen LogP contribution in [-0.2, 0) is 14.3 Å². The number of rotatable bonds is 3. The lowest BCUT2D eigenvalue weighted by Gasteiger charge is -2.33. The minimum atomic E-state index is -1.77. The standard InChI is InChI=1S/C15H16Cl3NO5/c1-14(2)19(13(22)23-8-15(16,17)18)10(11(24-14)12(20)21)9-6-4-3-5-7-9/h3-7,10-11H,8H2,1-2H3,(H,20,21). The van der Waals surface area contributed by atoms with Crippen molar-refractivity contribution in [3.8, 4) is 0 Å². The minimum absolute atomic E-state index is 0.470. The topological polar surface area (TPSA) is 76.1 Å². The summed E-state index contributed by atoms with van der Waals surface area (Å²) in [7, 11) is 0. The normalized spacial score (nSPS) is 23.1. The van der Waals surface area contributed by atoms with Gasteiger partial charge in [-0.3, -0.25) is 4.90 Å². The Hall–Kier alpha value is -1.21. The molecule has 1 aliphatic rings. The number of hydrogen-bond donors (Lipinski definition) is 1. The van der Waals surface area contributed by atoms with Gasteiger partial charge in [0.1, 0.15) is 18.4 Å². The van der Waals surface area contributed by atoms with E-state index >= 15 is 0 Å². The Bertz CT molecular complexity index is 617. The van der Waals surface area contributed by atoms with Crippen LogP contribution < -0.4 is 0 Å². The molecule has 132 valence electrons. The third-order valence-electron chi connectivity index (χ3n) is 3.50. The second-order valence-corrected chi connectivity index (χ2v) is 8.23. The van der Waals surface area contributed by atoms with Crippen LogP contribution in [0.3, 0.4) is 0 Å². The van der Waals surface area contributed by atoms with Crippen LogP contribution in [0.25, 0.3) is 0 Å². The van der Waals surface area contributed by atoms with Crippen molar-refractivity contribution in [3.05, 3.63) is 35.9 Å². The molecule has 0 saturated carbocycles. The summed E-state index contributed by atoms with van der Waals surface area (Å²) in [4.78, 5) is 25.3. The van der Waals surface area contributed by atoms with Gasteiger partial charge in [-0.05, 0) is 19.4 Å². The van der Waals surface area contributed by atoms with Gasteiger partial charge in [0, 0.05) is 0 Å². The molecule has 1 heterocycles. The van der Waals surface area contributed by atoms with Crippen molar-refractivity contribution in [2.45, 2.75) is 35.5 Å². The quantitative estimate of drug-likeness (QED) is 0.787. The van der Waals surface area contributed by atoms with E-state index in [2.05, 4.69) is 0 Å². The number of hydrogen-bond acceptors (Lipinski definition) is 4. The predicted octanol–water partition coefficient (Wildman–Crippen LogP) is 3.76. The maximum atomic E-state index is 12.5. The highest BCUT2D eigenvalue weighted by molar-refractivity contribution is 6.67. The molecule has 1 fully saturated rings. The maximum Gasteiger partial charge on any atom is 0.412 e. The summed E-state index contributed by atoms with van der Waals surface area (Å²) < 4.78 is 8.82. The molecule has 0 aromatic heterocycles. The third kappa shape index (κ3) is 4.25. The number of carboxylic acids is 1. The highest BCUT2D eigenvalue weighted by Gasteiger charge is 2.54. The van der Waals surface area contributed by atoms with Gasteiger partial charge in [0.05, 0.1) is 0 Å². The summed E-state index contributed by atoms with van der Waals surface area (Å²) in [5, 5.41) is 9.47. The Morgan fingerprint density at radius 3 is 2.38 bits per heavy atom. The summed E-state index contributed by atoms with van der Waals surface area (Å²) in [6, 6.07) is 7.81. The Kier molecular flexibility index (Phi) is 5.54. The smallest absolute Gasteiger partial charge is 0.412 e. The summed E-state index contributed by atoms with van der Waals surface area (Å²) in [6.07, 6.45) is -2.08. The number of benzene rings is 1. The van der Waals surface area contributed by atoms with Crippen molar-refractivity contribution >= 4 is 46.9 Å². The first-order chi connectivity index (χ1) is 11.0. The lowest BCUT2D eigenvalue weighted by atomic mass is 10.0. The average Bonchev–Trinajstić information content (AvgIpc) is 2.77. The van der Waals surface area contributed by atoms with Gasteiger partial charge in [-0.15, -0.1) is 0 Å². The molecule has 0 spiro atoms. The van der Waals surface area contributed by atoms with Crippen molar-refractivity contribution in [2.75, 3.05) is 6.61 Å². The number of nitrogens with zero attached hydrogens (tertiary/aromatic N) is 1. The molecule has 1 amide bonds. The number of carbonyl (C=O) groups is 2. The SMILES string of the molecule is CC1(C)OC(C(=O)O)C(c2ccccc2)N1C(=O)OCC(Cl)(Cl)Cl. The number of carboxylic acid groups (broad SMARTS) is 1. The Labute approximate surface area is 154 Å². The second-order valence-electron chi connectivity index (χ2n) is 5.72. The Morgan fingerprint density at radius 2 is 1.88 bits per heavy atom. The molecule has 6 nitrogen and oxygen atoms in total. The zero-order chi connectivity index (χ0) is 18.1. The first kappa shape index (κ1) is 19.1. The van der Waals surface area contributed by atoms with E-state index < -0.39 is 40.3 Å². The Morgan fingerprint density at radius 1 is 1.29 bits per heavy atom. The fourth-order valence-corrected chi connectivity index (χ4v) is 2.77. The molecule has 2 rings (SSSR count). The van der Waals surface area contributed by atoms with Gasteiger partial charge in [0.15, 0.2) is 6.10 Å². The van der Waals surface area contributed by atoms with Gasteiger partial charge in [-0.1, -0.05) is 65.1 Å². The summed E-state index contributed by atoms with van der Waals surface area (Å²) in [5.74, 6) is -1.19. The second kappa shape index (κ2) is 6.96. The number of carbonyl (C=O) groups excluding carboxylic acids is 1. The molecule has 0 bridgehead atoms. The van der Waals surface area contributed by atoms with Gasteiger partial charge in [-0.25, -0.2) is 9.59 Å². The molecule has 24 heavy (non-hydrogen) atoms. The van der Waals surface area contributed by atoms with Crippen molar-refractivity contribution < 1.29 is 24.2 Å². The van der Waals surface area contributed by atoms with Crippen molar-refractivity contribution in [3.63, 3.8) is 0 Å². The van der Waals surface area contributed by atoms with Crippen LogP contribution in [0.4, 0.5) is 4.79 Å². The minimum Gasteiger partial charge on any atom is -0.479 e. The molecule has 1 aromatic carbocycles. The van der Waals surface area contributed by atoms with Crippen LogP contribution >= 0.6 is 34.8 Å². The van der Waals surface area contributed by atoms with Gasteiger partial charge in [-0.2, -0.15) is 0 Å². The van der Waals surface area contributed by atoms with E-state index in [1.165, 1.54) is 4.90 Å². The number of aliphatic carboxylic acids is 1. The van der Waals surface area contributed by atoms with E-state index in [9.17, 15) is 14.7 Å². The van der Waals surface area contributed by atoms with Gasteiger partial charge in [0.2, 0.25) is 3.79 Å². The molecule has 0 aliphatic carbocycles. The maximum absolute atomic E-state index is 12.5. The Balaban J connectivity index is 2.36. The lowest BCUT2D eigenvalue weighted by Crippen LogP contribution is -2.46. The van der Waals surface area contributed by atoms with Crippen molar-refractivity contribution in [1.82, 2.24) is 4.90 Å². The number of ether oxygens (including phenoxy) is 2. The number of alkyl halides is 3. The molecular weight excluding hydrogens is 381 g/mol. The first-order valence-electron chi connectivity index (χ1n) is 7.01. The average molecular weight is 397 g/mol. The molecule has 1 aliphatic heterocycles. The highest BCUT2D eigenvalue weighted by atomic mass is 35.6. The molecular formula is C15H16Cl3NO5. The molecule has 1 N–H and O–H groups in total. The van der Waals surface area contributed by atoms with Gasteiger partial charge in [0.25, 0.3) is 0 Å². The molecule has 9 heteroatoms. The van der Waals surface area contributed by atoms with Gasteiger partial charge < -0.3 is 14.6 Å². The lowest BCUT2D eigenvalue weighted by molar-refractivity contribution is -0.155. The van der Waals surface area contributed by atoms with E-state index in [0.717, 1.165) is 0 Å². The van der Waals surface area contributed by atoms with E-state index in [0.29, 0.717) is 5.56 Å². The largest absolute Gasteiger partial charge is 0.479 e. The predicted molar refractivity (Wildman–Crippen MR) is 89.2 cm³/mol. The van der Waals surface area contributed by atoms with Crippen LogP contribution in [0.5, 0.6) is 0 Å². The van der Waals surface area contributed by atoms with Crippen LogP contribution in [0.15, 0.2) is 30.3 Å². The molecule has 1 aromatic rings. The molecule has 0 radical (unpaired) electrons. The summed E-state index contributed by atoms with van der Waals surface area (Å²) in [6.45, 7) is 2.67.